The van der Waals surface area contributed by atoms with Gasteiger partial charge in [-0.15, -0.1) is 0 Å². The average molecular weight is 325 g/mol. The van der Waals surface area contributed by atoms with Crippen LogP contribution in [0.25, 0.3) is 10.9 Å². The van der Waals surface area contributed by atoms with Crippen molar-refractivity contribution in [3.05, 3.63) is 41.1 Å². The Bertz CT molecular complexity index is 868. The number of hydrogen-bond acceptors (Lipinski definition) is 2. The molecule has 4 aliphatic heterocycles. The van der Waals surface area contributed by atoms with E-state index >= 15 is 0 Å². The lowest BCUT2D eigenvalue weighted by molar-refractivity contribution is -0.978. The van der Waals surface area contributed by atoms with Crippen molar-refractivity contribution in [2.24, 2.45) is 11.8 Å². The first-order valence-corrected chi connectivity index (χ1v) is 9.01. The van der Waals surface area contributed by atoms with Gasteiger partial charge in [-0.3, -0.25) is 0 Å². The molecule has 1 aromatic carbocycles. The Labute approximate surface area is 142 Å². The molecule has 4 heteroatoms. The SMILES string of the molecule is C/C=C1\C[N+]2(C)C3C[C@H]1C(CO)[C@@H]2Cc1c3[nH]c2ccc(O)cc12. The molecular weight excluding hydrogens is 300 g/mol. The molecule has 5 heterocycles. The number of fused-ring (bicyclic) bond motifs is 4. The van der Waals surface area contributed by atoms with Crippen molar-refractivity contribution in [1.29, 1.82) is 0 Å². The van der Waals surface area contributed by atoms with E-state index in [2.05, 4.69) is 25.0 Å². The van der Waals surface area contributed by atoms with Gasteiger partial charge in [0.1, 0.15) is 18.3 Å². The minimum Gasteiger partial charge on any atom is -0.508 e. The number of H-pyrrole nitrogens is 1. The van der Waals surface area contributed by atoms with Crippen molar-refractivity contribution in [3.63, 3.8) is 0 Å². The van der Waals surface area contributed by atoms with Crippen LogP contribution in [0.5, 0.6) is 5.75 Å². The van der Waals surface area contributed by atoms with Crippen LogP contribution in [-0.2, 0) is 6.42 Å². The molecule has 3 saturated heterocycles. The molecule has 4 nitrogen and oxygen atoms in total. The van der Waals surface area contributed by atoms with E-state index < -0.39 is 0 Å². The van der Waals surface area contributed by atoms with Gasteiger partial charge in [0.15, 0.2) is 0 Å². The molecule has 1 aromatic heterocycles. The van der Waals surface area contributed by atoms with Gasteiger partial charge < -0.3 is 19.7 Å². The summed E-state index contributed by atoms with van der Waals surface area (Å²) in [4.78, 5) is 3.67. The molecule has 0 amide bonds. The summed E-state index contributed by atoms with van der Waals surface area (Å²) in [7, 11) is 2.38. The van der Waals surface area contributed by atoms with Gasteiger partial charge in [-0.05, 0) is 36.3 Å². The second-order valence-corrected chi connectivity index (χ2v) is 8.09. The number of hydrogen-bond donors (Lipinski definition) is 3. The Morgan fingerprint density at radius 2 is 2.21 bits per heavy atom. The van der Waals surface area contributed by atoms with E-state index in [-0.39, 0.29) is 6.61 Å². The highest BCUT2D eigenvalue weighted by molar-refractivity contribution is 5.86. The summed E-state index contributed by atoms with van der Waals surface area (Å²) in [5.41, 5.74) is 5.39. The van der Waals surface area contributed by atoms with Crippen molar-refractivity contribution in [1.82, 2.24) is 4.98 Å². The summed E-state index contributed by atoms with van der Waals surface area (Å²) >= 11 is 0. The van der Waals surface area contributed by atoms with Crippen molar-refractivity contribution in [2.45, 2.75) is 31.8 Å². The average Bonchev–Trinajstić information content (AvgIpc) is 2.91. The number of rotatable bonds is 1. The van der Waals surface area contributed by atoms with E-state index in [4.69, 9.17) is 0 Å². The predicted octanol–water partition coefficient (Wildman–Crippen LogP) is 2.87. The summed E-state index contributed by atoms with van der Waals surface area (Å²) in [6.45, 7) is 3.52. The van der Waals surface area contributed by atoms with Crippen LogP contribution in [0, 0.1) is 11.8 Å². The summed E-state index contributed by atoms with van der Waals surface area (Å²) in [6, 6.07) is 6.58. The summed E-state index contributed by atoms with van der Waals surface area (Å²) in [5, 5.41) is 21.2. The van der Waals surface area contributed by atoms with Gasteiger partial charge in [0, 0.05) is 35.6 Å². The number of nitrogens with zero attached hydrogens (tertiary/aromatic N) is 1. The topological polar surface area (TPSA) is 56.2 Å². The second kappa shape index (κ2) is 4.64. The molecule has 6 rings (SSSR count). The molecule has 4 bridgehead atoms. The van der Waals surface area contributed by atoms with E-state index in [9.17, 15) is 10.2 Å². The summed E-state index contributed by atoms with van der Waals surface area (Å²) in [5.74, 6) is 1.20. The monoisotopic (exact) mass is 325 g/mol. The first kappa shape index (κ1) is 14.6. The van der Waals surface area contributed by atoms with Gasteiger partial charge in [-0.1, -0.05) is 6.08 Å². The largest absolute Gasteiger partial charge is 0.508 e. The maximum Gasteiger partial charge on any atom is 0.131 e. The number of aromatic amines is 1. The van der Waals surface area contributed by atoms with Gasteiger partial charge in [0.25, 0.3) is 0 Å². The lowest BCUT2D eigenvalue weighted by Crippen LogP contribution is -2.70. The Hall–Kier alpha value is -1.78. The molecule has 24 heavy (non-hydrogen) atoms. The van der Waals surface area contributed by atoms with Crippen LogP contribution < -0.4 is 0 Å². The molecular formula is C20H25N2O2+. The highest BCUT2D eigenvalue weighted by atomic mass is 16.3. The minimum absolute atomic E-state index is 0.274. The van der Waals surface area contributed by atoms with Gasteiger partial charge >= 0.3 is 0 Å². The van der Waals surface area contributed by atoms with E-state index in [1.54, 1.807) is 6.07 Å². The fourth-order valence-corrected chi connectivity index (χ4v) is 6.05. The number of aliphatic hydroxyl groups is 1. The highest BCUT2D eigenvalue weighted by Crippen LogP contribution is 2.57. The number of piperidine rings is 3. The zero-order valence-corrected chi connectivity index (χ0v) is 14.3. The maximum atomic E-state index is 10.1. The third-order valence-corrected chi connectivity index (χ3v) is 7.21. The molecule has 4 aliphatic rings. The predicted molar refractivity (Wildman–Crippen MR) is 93.7 cm³/mol. The number of allylic oxidation sites excluding steroid dienone is 1. The smallest absolute Gasteiger partial charge is 0.131 e. The fourth-order valence-electron chi connectivity index (χ4n) is 6.05. The molecule has 0 radical (unpaired) electrons. The van der Waals surface area contributed by atoms with Crippen LogP contribution in [0.3, 0.4) is 0 Å². The molecule has 0 aliphatic carbocycles. The molecule has 3 fully saturated rings. The summed E-state index contributed by atoms with van der Waals surface area (Å²) in [6.07, 6.45) is 4.39. The fraction of sp³-hybridized carbons (Fsp3) is 0.500. The Morgan fingerprint density at radius 3 is 2.96 bits per heavy atom. The van der Waals surface area contributed by atoms with Gasteiger partial charge in [-0.2, -0.15) is 0 Å². The number of aromatic nitrogens is 1. The van der Waals surface area contributed by atoms with Gasteiger partial charge in [0.05, 0.1) is 25.4 Å². The molecule has 0 spiro atoms. The van der Waals surface area contributed by atoms with E-state index in [1.165, 1.54) is 16.8 Å². The minimum atomic E-state index is 0.274. The number of benzene rings is 1. The third-order valence-electron chi connectivity index (χ3n) is 7.21. The van der Waals surface area contributed by atoms with E-state index in [0.717, 1.165) is 34.8 Å². The molecule has 3 unspecified atom stereocenters. The van der Waals surface area contributed by atoms with Crippen molar-refractivity contribution < 1.29 is 14.7 Å². The summed E-state index contributed by atoms with van der Waals surface area (Å²) < 4.78 is 1.02. The highest BCUT2D eigenvalue weighted by Gasteiger charge is 2.61. The number of aromatic hydroxyl groups is 1. The van der Waals surface area contributed by atoms with Gasteiger partial charge in [-0.25, -0.2) is 0 Å². The second-order valence-electron chi connectivity index (χ2n) is 8.09. The van der Waals surface area contributed by atoms with Crippen LogP contribution in [0.2, 0.25) is 0 Å². The van der Waals surface area contributed by atoms with Crippen LogP contribution >= 0.6 is 0 Å². The first-order chi connectivity index (χ1) is 11.6. The number of phenolic OH excluding ortho intramolecular Hbond substituents is 1. The number of quaternary nitrogens is 1. The van der Waals surface area contributed by atoms with Crippen molar-refractivity contribution in [2.75, 3.05) is 20.2 Å². The Morgan fingerprint density at radius 1 is 1.38 bits per heavy atom. The standard InChI is InChI=1S/C20H24N2O2/c1-3-11-9-22(2)18-8-15-14-6-12(24)4-5-17(14)21-20(15)19(22)7-13(11)16(18)10-23/h3-6,13,16,18-19,21,23H,7-10H2,1-2H3/p+1/b11-3+/t13-,16?,18+,19?,22?/m1/s1. The lowest BCUT2D eigenvalue weighted by Gasteiger charge is -2.62. The molecule has 0 saturated carbocycles. The normalized spacial score (nSPS) is 38.7. The van der Waals surface area contributed by atoms with Crippen LogP contribution in [-0.4, -0.2) is 45.9 Å². The molecule has 2 aromatic rings. The Kier molecular flexibility index (Phi) is 2.82. The zero-order valence-electron chi connectivity index (χ0n) is 14.3. The molecule has 3 N–H and O–H groups in total. The number of phenols is 1. The first-order valence-electron chi connectivity index (χ1n) is 9.01. The zero-order chi connectivity index (χ0) is 16.6. The van der Waals surface area contributed by atoms with Crippen molar-refractivity contribution >= 4 is 10.9 Å². The van der Waals surface area contributed by atoms with E-state index in [0.29, 0.717) is 29.7 Å². The van der Waals surface area contributed by atoms with E-state index in [1.807, 2.05) is 12.1 Å². The number of aliphatic hydroxyl groups excluding tert-OH is 1. The maximum absolute atomic E-state index is 10.1. The molecule has 5 atom stereocenters. The quantitative estimate of drug-likeness (QED) is 0.558. The lowest BCUT2D eigenvalue weighted by atomic mass is 9.62. The number of nitrogens with one attached hydrogen (secondary N) is 1. The van der Waals surface area contributed by atoms with Crippen LogP contribution in [0.1, 0.15) is 30.6 Å². The number of likely N-dealkylation sites (N-methyl/N-ethyl adjacent to an activating group) is 1. The molecule has 126 valence electrons. The van der Waals surface area contributed by atoms with Gasteiger partial charge in [0.2, 0.25) is 0 Å². The van der Waals surface area contributed by atoms with Crippen molar-refractivity contribution in [3.8, 4) is 5.75 Å². The van der Waals surface area contributed by atoms with Crippen LogP contribution in [0.4, 0.5) is 0 Å². The van der Waals surface area contributed by atoms with Crippen LogP contribution in [0.15, 0.2) is 29.8 Å². The third kappa shape index (κ3) is 1.60. The Balaban J connectivity index is 1.73.